The van der Waals surface area contributed by atoms with Gasteiger partial charge in [-0.05, 0) is 12.0 Å². The molecule has 4 rings (SSSR count). The van der Waals surface area contributed by atoms with Gasteiger partial charge in [0.2, 0.25) is 0 Å². The average Bonchev–Trinajstić information content (AvgIpc) is 3.26. The van der Waals surface area contributed by atoms with Crippen LogP contribution in [0.25, 0.3) is 11.2 Å². The summed E-state index contributed by atoms with van der Waals surface area (Å²) in [7, 11) is 0. The van der Waals surface area contributed by atoms with E-state index in [0.717, 1.165) is 12.0 Å². The molecule has 0 unspecified atom stereocenters. The summed E-state index contributed by atoms with van der Waals surface area (Å²) in [6, 6.07) is 9.87. The number of hydrogen-bond acceptors (Lipinski definition) is 8. The van der Waals surface area contributed by atoms with Gasteiger partial charge in [0.05, 0.1) is 19.0 Å². The Bertz CT molecular complexity index is 934. The highest BCUT2D eigenvalue weighted by atomic mass is 16.6. The molecule has 3 aromatic rings. The molecule has 1 aliphatic heterocycles. The lowest BCUT2D eigenvalue weighted by Crippen LogP contribution is -2.34. The van der Waals surface area contributed by atoms with Gasteiger partial charge in [-0.1, -0.05) is 37.3 Å². The SMILES string of the molecule is CC[C@@H](OC[C@H]1O[C@@H](n2cnc3c(N)ncnc32)[C@H](O)[C@@H]1O)c1ccccc1. The first-order valence-corrected chi connectivity index (χ1v) is 9.21. The molecule has 28 heavy (non-hydrogen) atoms. The van der Waals surface area contributed by atoms with E-state index in [1.165, 1.54) is 12.7 Å². The number of ether oxygens (including phenoxy) is 2. The zero-order valence-electron chi connectivity index (χ0n) is 15.4. The Hall–Kier alpha value is -2.59. The highest BCUT2D eigenvalue weighted by Gasteiger charge is 2.44. The Morgan fingerprint density at radius 3 is 2.71 bits per heavy atom. The molecule has 3 heterocycles. The predicted molar refractivity (Wildman–Crippen MR) is 101 cm³/mol. The molecule has 0 saturated carbocycles. The third-order valence-corrected chi connectivity index (χ3v) is 5.00. The van der Waals surface area contributed by atoms with Crippen LogP contribution in [0.4, 0.5) is 5.82 Å². The molecule has 1 fully saturated rings. The number of rotatable bonds is 6. The van der Waals surface area contributed by atoms with Crippen molar-refractivity contribution < 1.29 is 19.7 Å². The number of imidazole rings is 1. The number of aromatic nitrogens is 4. The van der Waals surface area contributed by atoms with E-state index >= 15 is 0 Å². The van der Waals surface area contributed by atoms with Crippen LogP contribution in [0.2, 0.25) is 0 Å². The summed E-state index contributed by atoms with van der Waals surface area (Å²) in [5.41, 5.74) is 7.72. The molecule has 0 aliphatic carbocycles. The van der Waals surface area contributed by atoms with Crippen molar-refractivity contribution in [2.24, 2.45) is 0 Å². The van der Waals surface area contributed by atoms with Crippen LogP contribution >= 0.6 is 0 Å². The van der Waals surface area contributed by atoms with E-state index in [9.17, 15) is 10.2 Å². The van der Waals surface area contributed by atoms with Gasteiger partial charge in [0, 0.05) is 0 Å². The van der Waals surface area contributed by atoms with E-state index in [4.69, 9.17) is 15.2 Å². The average molecular weight is 385 g/mol. The van der Waals surface area contributed by atoms with Crippen LogP contribution in [-0.4, -0.2) is 54.7 Å². The van der Waals surface area contributed by atoms with E-state index in [2.05, 4.69) is 15.0 Å². The van der Waals surface area contributed by atoms with Gasteiger partial charge in [0.1, 0.15) is 30.2 Å². The maximum Gasteiger partial charge on any atom is 0.167 e. The molecular formula is C19H23N5O4. The van der Waals surface area contributed by atoms with Crippen molar-refractivity contribution in [2.45, 2.75) is 44.0 Å². The van der Waals surface area contributed by atoms with Gasteiger partial charge in [-0.3, -0.25) is 4.57 Å². The third kappa shape index (κ3) is 3.33. The topological polar surface area (TPSA) is 129 Å². The van der Waals surface area contributed by atoms with Crippen LogP contribution in [0.1, 0.15) is 31.2 Å². The molecule has 5 atom stereocenters. The Labute approximate surface area is 161 Å². The lowest BCUT2D eigenvalue weighted by Gasteiger charge is -2.21. The summed E-state index contributed by atoms with van der Waals surface area (Å²) in [5, 5.41) is 21.0. The highest BCUT2D eigenvalue weighted by molar-refractivity contribution is 5.81. The van der Waals surface area contributed by atoms with Crippen molar-refractivity contribution in [1.29, 1.82) is 0 Å². The van der Waals surface area contributed by atoms with Crippen LogP contribution < -0.4 is 5.73 Å². The van der Waals surface area contributed by atoms with E-state index in [0.29, 0.717) is 11.2 Å². The van der Waals surface area contributed by atoms with Crippen LogP contribution in [0.3, 0.4) is 0 Å². The number of fused-ring (bicyclic) bond motifs is 1. The molecule has 0 amide bonds. The second-order valence-corrected chi connectivity index (χ2v) is 6.77. The van der Waals surface area contributed by atoms with Gasteiger partial charge in [-0.15, -0.1) is 0 Å². The lowest BCUT2D eigenvalue weighted by atomic mass is 10.1. The monoisotopic (exact) mass is 385 g/mol. The first-order valence-electron chi connectivity index (χ1n) is 9.21. The van der Waals surface area contributed by atoms with Crippen molar-refractivity contribution in [1.82, 2.24) is 19.5 Å². The summed E-state index contributed by atoms with van der Waals surface area (Å²) in [5.74, 6) is 0.241. The molecule has 0 bridgehead atoms. The first-order chi connectivity index (χ1) is 13.6. The quantitative estimate of drug-likeness (QED) is 0.577. The summed E-state index contributed by atoms with van der Waals surface area (Å²) < 4.78 is 13.4. The molecule has 2 aromatic heterocycles. The van der Waals surface area contributed by atoms with Crippen LogP contribution in [0.15, 0.2) is 43.0 Å². The molecule has 9 nitrogen and oxygen atoms in total. The van der Waals surface area contributed by atoms with Crippen LogP contribution in [0, 0.1) is 0 Å². The van der Waals surface area contributed by atoms with Crippen molar-refractivity contribution in [3.63, 3.8) is 0 Å². The number of benzene rings is 1. The largest absolute Gasteiger partial charge is 0.387 e. The normalized spacial score (nSPS) is 26.0. The minimum atomic E-state index is -1.15. The molecule has 1 aliphatic rings. The fourth-order valence-corrected chi connectivity index (χ4v) is 3.48. The second kappa shape index (κ2) is 7.80. The van der Waals surface area contributed by atoms with Crippen LogP contribution in [0.5, 0.6) is 0 Å². The van der Waals surface area contributed by atoms with Gasteiger partial charge < -0.3 is 25.4 Å². The Morgan fingerprint density at radius 1 is 1.18 bits per heavy atom. The van der Waals surface area contributed by atoms with Gasteiger partial charge in [0.15, 0.2) is 17.7 Å². The minimum Gasteiger partial charge on any atom is -0.387 e. The summed E-state index contributed by atoms with van der Waals surface area (Å²) in [4.78, 5) is 12.2. The van der Waals surface area contributed by atoms with E-state index in [1.54, 1.807) is 4.57 Å². The number of hydrogen-bond donors (Lipinski definition) is 3. The lowest BCUT2D eigenvalue weighted by molar-refractivity contribution is -0.0823. The van der Waals surface area contributed by atoms with Gasteiger partial charge in [-0.25, -0.2) is 15.0 Å². The molecular weight excluding hydrogens is 362 g/mol. The maximum atomic E-state index is 10.5. The molecule has 1 aromatic carbocycles. The number of aliphatic hydroxyl groups is 2. The number of nitrogens with two attached hydrogens (primary N) is 1. The van der Waals surface area contributed by atoms with Gasteiger partial charge in [0.25, 0.3) is 0 Å². The molecule has 4 N–H and O–H groups in total. The summed E-state index contributed by atoms with van der Waals surface area (Å²) in [6.45, 7) is 2.18. The zero-order valence-corrected chi connectivity index (χ0v) is 15.4. The second-order valence-electron chi connectivity index (χ2n) is 6.77. The fourth-order valence-electron chi connectivity index (χ4n) is 3.48. The first kappa shape index (κ1) is 18.8. The Balaban J connectivity index is 1.49. The zero-order chi connectivity index (χ0) is 19.7. The van der Waals surface area contributed by atoms with E-state index < -0.39 is 24.5 Å². The summed E-state index contributed by atoms with van der Waals surface area (Å²) in [6.07, 6.45) is -0.336. The number of nitrogen functional groups attached to an aromatic ring is 1. The van der Waals surface area contributed by atoms with E-state index in [1.807, 2.05) is 37.3 Å². The van der Waals surface area contributed by atoms with Crippen molar-refractivity contribution in [3.8, 4) is 0 Å². The van der Waals surface area contributed by atoms with Gasteiger partial charge >= 0.3 is 0 Å². The molecule has 0 spiro atoms. The van der Waals surface area contributed by atoms with Crippen molar-refractivity contribution >= 4 is 17.0 Å². The number of nitrogens with zero attached hydrogens (tertiary/aromatic N) is 4. The third-order valence-electron chi connectivity index (χ3n) is 5.00. The predicted octanol–water partition coefficient (Wildman–Crippen LogP) is 1.20. The Kier molecular flexibility index (Phi) is 5.23. The van der Waals surface area contributed by atoms with Gasteiger partial charge in [-0.2, -0.15) is 0 Å². The Morgan fingerprint density at radius 2 is 1.96 bits per heavy atom. The maximum absolute atomic E-state index is 10.5. The highest BCUT2D eigenvalue weighted by Crippen LogP contribution is 2.33. The minimum absolute atomic E-state index is 0.116. The van der Waals surface area contributed by atoms with Crippen LogP contribution in [-0.2, 0) is 9.47 Å². The summed E-state index contributed by atoms with van der Waals surface area (Å²) >= 11 is 0. The van der Waals surface area contributed by atoms with E-state index in [-0.39, 0.29) is 18.5 Å². The molecule has 148 valence electrons. The molecule has 1 saturated heterocycles. The molecule has 9 heteroatoms. The number of anilines is 1. The fraction of sp³-hybridized carbons (Fsp3) is 0.421. The smallest absolute Gasteiger partial charge is 0.167 e. The van der Waals surface area contributed by atoms with Crippen molar-refractivity contribution in [3.05, 3.63) is 48.5 Å². The number of aliphatic hydroxyl groups excluding tert-OH is 2. The van der Waals surface area contributed by atoms with Crippen molar-refractivity contribution in [2.75, 3.05) is 12.3 Å². The standard InChI is InChI=1S/C19H23N5O4/c1-2-12(11-6-4-3-5-7-11)27-8-13-15(25)16(26)19(28-13)24-10-23-14-17(20)21-9-22-18(14)24/h3-7,9-10,12-13,15-16,19,25-26H,2,8H2,1H3,(H2,20,21,22)/t12-,13-,15-,16-,19-/m1/s1. The molecule has 0 radical (unpaired) electrons.